The van der Waals surface area contributed by atoms with Crippen LogP contribution in [0.1, 0.15) is 29.2 Å². The SMILES string of the molecule is COc1ccc(CNC(=O)C2CC(c3ccc4c(c3)CCO4)NN2)cc1OC. The van der Waals surface area contributed by atoms with Crippen LogP contribution < -0.4 is 30.4 Å². The number of hydrogen-bond donors (Lipinski definition) is 3. The quantitative estimate of drug-likeness (QED) is 0.707. The van der Waals surface area contributed by atoms with E-state index < -0.39 is 0 Å². The molecule has 2 unspecified atom stereocenters. The third kappa shape index (κ3) is 3.76. The van der Waals surface area contributed by atoms with Crippen LogP contribution in [0.15, 0.2) is 36.4 Å². The van der Waals surface area contributed by atoms with Crippen LogP contribution in [0.2, 0.25) is 0 Å². The van der Waals surface area contributed by atoms with Crippen LogP contribution in [0.4, 0.5) is 0 Å². The molecule has 4 rings (SSSR count). The second-order valence-electron chi connectivity index (χ2n) is 7.00. The number of fused-ring (bicyclic) bond motifs is 1. The molecule has 1 amide bonds. The smallest absolute Gasteiger partial charge is 0.238 e. The van der Waals surface area contributed by atoms with Gasteiger partial charge in [-0.2, -0.15) is 0 Å². The number of ether oxygens (including phenoxy) is 3. The molecule has 1 saturated heterocycles. The van der Waals surface area contributed by atoms with Gasteiger partial charge in [0.05, 0.1) is 20.8 Å². The van der Waals surface area contributed by atoms with Crippen LogP contribution in [-0.2, 0) is 17.8 Å². The van der Waals surface area contributed by atoms with Crippen molar-refractivity contribution in [2.24, 2.45) is 0 Å². The Labute approximate surface area is 164 Å². The van der Waals surface area contributed by atoms with E-state index in [0.29, 0.717) is 24.5 Å². The molecule has 0 bridgehead atoms. The summed E-state index contributed by atoms with van der Waals surface area (Å²) in [7, 11) is 3.20. The highest BCUT2D eigenvalue weighted by molar-refractivity contribution is 5.82. The maximum absolute atomic E-state index is 12.6. The lowest BCUT2D eigenvalue weighted by molar-refractivity contribution is -0.123. The predicted molar refractivity (Wildman–Crippen MR) is 104 cm³/mol. The van der Waals surface area contributed by atoms with Crippen molar-refractivity contribution in [3.63, 3.8) is 0 Å². The largest absolute Gasteiger partial charge is 0.493 e. The van der Waals surface area contributed by atoms with Crippen LogP contribution in [-0.4, -0.2) is 32.8 Å². The van der Waals surface area contributed by atoms with Gasteiger partial charge in [0.25, 0.3) is 0 Å². The Morgan fingerprint density at radius 3 is 2.82 bits per heavy atom. The molecule has 3 N–H and O–H groups in total. The lowest BCUT2D eigenvalue weighted by Crippen LogP contribution is -2.42. The minimum Gasteiger partial charge on any atom is -0.493 e. The Bertz CT molecular complexity index is 871. The van der Waals surface area contributed by atoms with E-state index in [2.05, 4.69) is 28.3 Å². The number of hydrogen-bond acceptors (Lipinski definition) is 6. The topological polar surface area (TPSA) is 80.9 Å². The summed E-state index contributed by atoms with van der Waals surface area (Å²) in [4.78, 5) is 12.6. The molecule has 0 aliphatic carbocycles. The Morgan fingerprint density at radius 2 is 2.00 bits per heavy atom. The van der Waals surface area contributed by atoms with Crippen molar-refractivity contribution in [1.82, 2.24) is 16.2 Å². The lowest BCUT2D eigenvalue weighted by atomic mass is 9.99. The Balaban J connectivity index is 1.34. The van der Waals surface area contributed by atoms with E-state index in [0.717, 1.165) is 24.3 Å². The molecule has 2 aliphatic rings. The van der Waals surface area contributed by atoms with E-state index in [-0.39, 0.29) is 18.0 Å². The van der Waals surface area contributed by atoms with Gasteiger partial charge in [0.15, 0.2) is 11.5 Å². The van der Waals surface area contributed by atoms with E-state index in [1.165, 1.54) is 11.1 Å². The number of nitrogens with one attached hydrogen (secondary N) is 3. The fraction of sp³-hybridized carbons (Fsp3) is 0.381. The third-order valence-electron chi connectivity index (χ3n) is 5.25. The fourth-order valence-corrected chi connectivity index (χ4v) is 3.67. The minimum absolute atomic E-state index is 0.0331. The van der Waals surface area contributed by atoms with Crippen LogP contribution in [0.25, 0.3) is 0 Å². The molecule has 2 aromatic carbocycles. The highest BCUT2D eigenvalue weighted by Gasteiger charge is 2.30. The first-order valence-electron chi connectivity index (χ1n) is 9.43. The van der Waals surface area contributed by atoms with Crippen molar-refractivity contribution in [3.8, 4) is 17.2 Å². The molecule has 7 nitrogen and oxygen atoms in total. The molecule has 2 heterocycles. The number of methoxy groups -OCH3 is 2. The Morgan fingerprint density at radius 1 is 1.14 bits per heavy atom. The predicted octanol–water partition coefficient (Wildman–Crippen LogP) is 1.86. The van der Waals surface area contributed by atoms with Crippen LogP contribution in [0.5, 0.6) is 17.2 Å². The van der Waals surface area contributed by atoms with E-state index in [1.807, 2.05) is 24.3 Å². The zero-order valence-electron chi connectivity index (χ0n) is 16.1. The number of rotatable bonds is 6. The van der Waals surface area contributed by atoms with Crippen molar-refractivity contribution in [3.05, 3.63) is 53.1 Å². The number of benzene rings is 2. The van der Waals surface area contributed by atoms with E-state index >= 15 is 0 Å². The molecular formula is C21H25N3O4. The molecule has 148 valence electrons. The van der Waals surface area contributed by atoms with Crippen molar-refractivity contribution < 1.29 is 19.0 Å². The number of amides is 1. The highest BCUT2D eigenvalue weighted by Crippen LogP contribution is 2.31. The first-order valence-corrected chi connectivity index (χ1v) is 9.43. The standard InChI is InChI=1S/C21H25N3O4/c1-26-19-5-3-13(9-20(19)27-2)12-22-21(25)17-11-16(23-24-17)14-4-6-18-15(10-14)7-8-28-18/h3-6,9-10,16-17,23-24H,7-8,11-12H2,1-2H3,(H,22,25). The lowest BCUT2D eigenvalue weighted by Gasteiger charge is -2.13. The summed E-state index contributed by atoms with van der Waals surface area (Å²) in [5, 5.41) is 2.99. The molecule has 2 aromatic rings. The maximum Gasteiger partial charge on any atom is 0.238 e. The molecule has 2 aliphatic heterocycles. The first kappa shape index (κ1) is 18.6. The van der Waals surface area contributed by atoms with Gasteiger partial charge in [-0.1, -0.05) is 18.2 Å². The molecule has 0 aromatic heterocycles. The normalized spacial score (nSPS) is 20.4. The summed E-state index contributed by atoms with van der Waals surface area (Å²) >= 11 is 0. The second kappa shape index (κ2) is 8.08. The van der Waals surface area contributed by atoms with Gasteiger partial charge >= 0.3 is 0 Å². The van der Waals surface area contributed by atoms with Crippen LogP contribution in [0.3, 0.4) is 0 Å². The summed E-state index contributed by atoms with van der Waals surface area (Å²) in [6, 6.07) is 11.7. The minimum atomic E-state index is -0.283. The Kier molecular flexibility index (Phi) is 5.36. The fourth-order valence-electron chi connectivity index (χ4n) is 3.67. The van der Waals surface area contributed by atoms with Gasteiger partial charge in [0.2, 0.25) is 5.91 Å². The zero-order chi connectivity index (χ0) is 19.5. The van der Waals surface area contributed by atoms with Gasteiger partial charge in [0.1, 0.15) is 11.8 Å². The molecule has 0 radical (unpaired) electrons. The highest BCUT2D eigenvalue weighted by atomic mass is 16.5. The van der Waals surface area contributed by atoms with E-state index in [9.17, 15) is 4.79 Å². The summed E-state index contributed by atoms with van der Waals surface area (Å²) in [5.74, 6) is 2.26. The number of carbonyl (C=O) groups excluding carboxylic acids is 1. The van der Waals surface area contributed by atoms with Gasteiger partial charge in [-0.05, 0) is 41.3 Å². The molecule has 7 heteroatoms. The van der Waals surface area contributed by atoms with Gasteiger partial charge in [-0.15, -0.1) is 0 Å². The number of hydrazine groups is 1. The number of carbonyl (C=O) groups is 1. The third-order valence-corrected chi connectivity index (χ3v) is 5.25. The average molecular weight is 383 g/mol. The van der Waals surface area contributed by atoms with Gasteiger partial charge < -0.3 is 19.5 Å². The molecule has 28 heavy (non-hydrogen) atoms. The molecule has 1 fully saturated rings. The first-order chi connectivity index (χ1) is 13.7. The Hall–Kier alpha value is -2.77. The van der Waals surface area contributed by atoms with Crippen molar-refractivity contribution in [2.75, 3.05) is 20.8 Å². The summed E-state index contributed by atoms with van der Waals surface area (Å²) < 4.78 is 16.1. The molecule has 0 spiro atoms. The summed E-state index contributed by atoms with van der Waals surface area (Å²) in [6.07, 6.45) is 1.63. The van der Waals surface area contributed by atoms with Crippen molar-refractivity contribution >= 4 is 5.91 Å². The molecule has 0 saturated carbocycles. The van der Waals surface area contributed by atoms with Crippen LogP contribution >= 0.6 is 0 Å². The molecule has 2 atom stereocenters. The van der Waals surface area contributed by atoms with E-state index in [4.69, 9.17) is 14.2 Å². The average Bonchev–Trinajstić information content (AvgIpc) is 3.40. The monoisotopic (exact) mass is 383 g/mol. The summed E-state index contributed by atoms with van der Waals surface area (Å²) in [6.45, 7) is 1.18. The summed E-state index contributed by atoms with van der Waals surface area (Å²) in [5.41, 5.74) is 9.71. The van der Waals surface area contributed by atoms with Crippen molar-refractivity contribution in [2.45, 2.75) is 31.5 Å². The second-order valence-corrected chi connectivity index (χ2v) is 7.00. The van der Waals surface area contributed by atoms with E-state index in [1.54, 1.807) is 14.2 Å². The van der Waals surface area contributed by atoms with Gasteiger partial charge in [-0.3, -0.25) is 4.79 Å². The van der Waals surface area contributed by atoms with Crippen LogP contribution in [0, 0.1) is 0 Å². The van der Waals surface area contributed by atoms with Crippen molar-refractivity contribution in [1.29, 1.82) is 0 Å². The zero-order valence-corrected chi connectivity index (χ0v) is 16.1. The van der Waals surface area contributed by atoms with Gasteiger partial charge in [0, 0.05) is 19.0 Å². The van der Waals surface area contributed by atoms with Gasteiger partial charge in [-0.25, -0.2) is 10.9 Å². The molecular weight excluding hydrogens is 358 g/mol. The maximum atomic E-state index is 12.6.